The summed E-state index contributed by atoms with van der Waals surface area (Å²) >= 11 is 6.88. The molecule has 0 fully saturated rings. The van der Waals surface area contributed by atoms with Crippen LogP contribution >= 0.6 is 31.9 Å². The molecule has 2 aromatic carbocycles. The maximum atomic E-state index is 13.1. The van der Waals surface area contributed by atoms with Crippen molar-refractivity contribution < 1.29 is 8.91 Å². The highest BCUT2D eigenvalue weighted by molar-refractivity contribution is 9.11. The topological polar surface area (TPSA) is 52.0 Å². The standard InChI is InChI=1S/C15H9Br2FN2O/c16-10-5-9(6-11(17)7-10)14-13(15(19)21-20-14)8-1-3-12(18)4-2-8/h1-7H,19H2. The van der Waals surface area contributed by atoms with Crippen LogP contribution in [0.15, 0.2) is 55.9 Å². The molecule has 21 heavy (non-hydrogen) atoms. The van der Waals surface area contributed by atoms with Crippen molar-refractivity contribution in [1.29, 1.82) is 0 Å². The molecule has 0 atom stereocenters. The van der Waals surface area contributed by atoms with E-state index in [4.69, 9.17) is 10.3 Å². The number of aromatic nitrogens is 1. The van der Waals surface area contributed by atoms with Crippen molar-refractivity contribution in [3.63, 3.8) is 0 Å². The molecule has 3 rings (SSSR count). The molecule has 0 amide bonds. The molecule has 106 valence electrons. The van der Waals surface area contributed by atoms with Crippen molar-refractivity contribution in [1.82, 2.24) is 5.16 Å². The fourth-order valence-electron chi connectivity index (χ4n) is 2.09. The Morgan fingerprint density at radius 3 is 2.19 bits per heavy atom. The van der Waals surface area contributed by atoms with Crippen molar-refractivity contribution in [2.24, 2.45) is 0 Å². The Hall–Kier alpha value is -1.66. The Morgan fingerprint density at radius 1 is 0.952 bits per heavy atom. The number of halogens is 3. The molecular weight excluding hydrogens is 403 g/mol. The number of hydrogen-bond donors (Lipinski definition) is 1. The molecule has 0 aliphatic heterocycles. The minimum Gasteiger partial charge on any atom is -0.367 e. The second-order valence-corrected chi connectivity index (χ2v) is 6.27. The number of rotatable bonds is 2. The van der Waals surface area contributed by atoms with Gasteiger partial charge in [-0.2, -0.15) is 0 Å². The quantitative estimate of drug-likeness (QED) is 0.626. The Balaban J connectivity index is 2.19. The third-order valence-corrected chi connectivity index (χ3v) is 3.90. The second-order valence-electron chi connectivity index (χ2n) is 4.44. The molecule has 0 bridgehead atoms. The molecule has 3 nitrogen and oxygen atoms in total. The van der Waals surface area contributed by atoms with Crippen LogP contribution in [0.4, 0.5) is 10.3 Å². The highest BCUT2D eigenvalue weighted by Crippen LogP contribution is 2.38. The van der Waals surface area contributed by atoms with Gasteiger partial charge in [-0.1, -0.05) is 49.1 Å². The highest BCUT2D eigenvalue weighted by atomic mass is 79.9. The van der Waals surface area contributed by atoms with E-state index in [1.807, 2.05) is 18.2 Å². The molecule has 0 spiro atoms. The first-order valence-electron chi connectivity index (χ1n) is 6.02. The molecule has 0 saturated carbocycles. The van der Waals surface area contributed by atoms with Gasteiger partial charge in [0, 0.05) is 14.5 Å². The Bertz CT molecular complexity index is 780. The monoisotopic (exact) mass is 410 g/mol. The number of hydrogen-bond acceptors (Lipinski definition) is 3. The van der Waals surface area contributed by atoms with Crippen LogP contribution < -0.4 is 5.73 Å². The van der Waals surface area contributed by atoms with E-state index >= 15 is 0 Å². The Morgan fingerprint density at radius 2 is 1.57 bits per heavy atom. The van der Waals surface area contributed by atoms with Crippen LogP contribution in [0.5, 0.6) is 0 Å². The fraction of sp³-hybridized carbons (Fsp3) is 0. The van der Waals surface area contributed by atoms with Crippen LogP contribution in [0.25, 0.3) is 22.4 Å². The molecule has 0 saturated heterocycles. The third kappa shape index (κ3) is 2.87. The van der Waals surface area contributed by atoms with Crippen LogP contribution in [0.3, 0.4) is 0 Å². The van der Waals surface area contributed by atoms with Crippen molar-refractivity contribution in [2.75, 3.05) is 5.73 Å². The van der Waals surface area contributed by atoms with Crippen molar-refractivity contribution in [2.45, 2.75) is 0 Å². The van der Waals surface area contributed by atoms with E-state index in [-0.39, 0.29) is 11.7 Å². The summed E-state index contributed by atoms with van der Waals surface area (Å²) < 4.78 is 20.0. The maximum absolute atomic E-state index is 13.1. The first-order chi connectivity index (χ1) is 10.0. The number of benzene rings is 2. The van der Waals surface area contributed by atoms with Gasteiger partial charge in [0.25, 0.3) is 0 Å². The van der Waals surface area contributed by atoms with Crippen LogP contribution in [-0.4, -0.2) is 5.16 Å². The molecular formula is C15H9Br2FN2O. The smallest absolute Gasteiger partial charge is 0.230 e. The lowest BCUT2D eigenvalue weighted by molar-refractivity contribution is 0.439. The normalized spacial score (nSPS) is 10.8. The SMILES string of the molecule is Nc1onc(-c2cc(Br)cc(Br)c2)c1-c1ccc(F)cc1. The first kappa shape index (κ1) is 14.3. The van der Waals surface area contributed by atoms with Gasteiger partial charge in [0.05, 0.1) is 5.56 Å². The van der Waals surface area contributed by atoms with E-state index in [1.165, 1.54) is 12.1 Å². The lowest BCUT2D eigenvalue weighted by Gasteiger charge is -2.04. The third-order valence-electron chi connectivity index (χ3n) is 2.99. The summed E-state index contributed by atoms with van der Waals surface area (Å²) in [6, 6.07) is 11.8. The van der Waals surface area contributed by atoms with E-state index < -0.39 is 0 Å². The van der Waals surface area contributed by atoms with Gasteiger partial charge in [-0.05, 0) is 35.9 Å². The zero-order valence-corrected chi connectivity index (χ0v) is 13.8. The zero-order valence-electron chi connectivity index (χ0n) is 10.6. The zero-order chi connectivity index (χ0) is 15.0. The van der Waals surface area contributed by atoms with Crippen LogP contribution in [0, 0.1) is 5.82 Å². The number of nitrogens with zero attached hydrogens (tertiary/aromatic N) is 1. The molecule has 6 heteroatoms. The molecule has 0 unspecified atom stereocenters. The summed E-state index contributed by atoms with van der Waals surface area (Å²) in [4.78, 5) is 0. The lowest BCUT2D eigenvalue weighted by Crippen LogP contribution is -1.88. The largest absolute Gasteiger partial charge is 0.367 e. The summed E-state index contributed by atoms with van der Waals surface area (Å²) in [7, 11) is 0. The molecule has 1 aromatic heterocycles. The predicted molar refractivity (Wildman–Crippen MR) is 87.1 cm³/mol. The average Bonchev–Trinajstić information content (AvgIpc) is 2.80. The van der Waals surface area contributed by atoms with E-state index in [0.29, 0.717) is 11.3 Å². The summed E-state index contributed by atoms with van der Waals surface area (Å²) in [6.45, 7) is 0. The Kier molecular flexibility index (Phi) is 3.82. The van der Waals surface area contributed by atoms with Crippen LogP contribution in [0.2, 0.25) is 0 Å². The van der Waals surface area contributed by atoms with Gasteiger partial charge in [0.1, 0.15) is 11.5 Å². The Labute approximate surface area is 137 Å². The van der Waals surface area contributed by atoms with Crippen molar-refractivity contribution in [3.8, 4) is 22.4 Å². The molecule has 0 radical (unpaired) electrons. The first-order valence-corrected chi connectivity index (χ1v) is 7.61. The summed E-state index contributed by atoms with van der Waals surface area (Å²) in [5.41, 5.74) is 8.74. The number of anilines is 1. The summed E-state index contributed by atoms with van der Waals surface area (Å²) in [5, 5.41) is 4.03. The van der Waals surface area contributed by atoms with E-state index in [1.54, 1.807) is 12.1 Å². The molecule has 0 aliphatic carbocycles. The van der Waals surface area contributed by atoms with Gasteiger partial charge >= 0.3 is 0 Å². The van der Waals surface area contributed by atoms with Gasteiger partial charge in [-0.25, -0.2) is 4.39 Å². The average molecular weight is 412 g/mol. The van der Waals surface area contributed by atoms with E-state index in [0.717, 1.165) is 20.1 Å². The molecule has 3 aromatic rings. The summed E-state index contributed by atoms with van der Waals surface area (Å²) in [6.07, 6.45) is 0. The summed E-state index contributed by atoms with van der Waals surface area (Å²) in [5.74, 6) is -0.103. The van der Waals surface area contributed by atoms with Crippen molar-refractivity contribution in [3.05, 3.63) is 57.2 Å². The number of nitrogens with two attached hydrogens (primary N) is 1. The van der Waals surface area contributed by atoms with Crippen LogP contribution in [0.1, 0.15) is 0 Å². The maximum Gasteiger partial charge on any atom is 0.230 e. The fourth-order valence-corrected chi connectivity index (χ4v) is 3.38. The van der Waals surface area contributed by atoms with Crippen molar-refractivity contribution >= 4 is 37.7 Å². The minimum absolute atomic E-state index is 0.202. The van der Waals surface area contributed by atoms with E-state index in [9.17, 15) is 4.39 Å². The molecule has 0 aliphatic rings. The predicted octanol–water partition coefficient (Wildman–Crippen LogP) is 5.25. The highest BCUT2D eigenvalue weighted by Gasteiger charge is 2.18. The number of nitrogen functional groups attached to an aromatic ring is 1. The van der Waals surface area contributed by atoms with Gasteiger partial charge in [0.15, 0.2) is 0 Å². The van der Waals surface area contributed by atoms with Crippen LogP contribution in [-0.2, 0) is 0 Å². The second kappa shape index (κ2) is 5.61. The molecule has 1 heterocycles. The van der Waals surface area contributed by atoms with Gasteiger partial charge < -0.3 is 10.3 Å². The molecule has 2 N–H and O–H groups in total. The van der Waals surface area contributed by atoms with Gasteiger partial charge in [-0.3, -0.25) is 0 Å². The van der Waals surface area contributed by atoms with E-state index in [2.05, 4.69) is 37.0 Å². The lowest BCUT2D eigenvalue weighted by atomic mass is 10.0. The minimum atomic E-state index is -0.305. The van der Waals surface area contributed by atoms with Gasteiger partial charge in [-0.15, -0.1) is 0 Å². The van der Waals surface area contributed by atoms with Gasteiger partial charge in [0.2, 0.25) is 5.88 Å².